The van der Waals surface area contributed by atoms with Crippen molar-refractivity contribution < 1.29 is 32.6 Å². The largest absolute Gasteiger partial charge is 0.466 e. The van der Waals surface area contributed by atoms with Gasteiger partial charge in [-0.25, -0.2) is 8.78 Å². The van der Waals surface area contributed by atoms with Gasteiger partial charge in [-0.1, -0.05) is 29.8 Å². The number of nitrogens with one attached hydrogen (secondary N) is 1. The fraction of sp³-hybridized carbons (Fsp3) is 0.575. The van der Waals surface area contributed by atoms with Gasteiger partial charge in [0.05, 0.1) is 34.9 Å². The lowest BCUT2D eigenvalue weighted by Crippen LogP contribution is -2.73. The zero-order valence-corrected chi connectivity index (χ0v) is 32.0. The van der Waals surface area contributed by atoms with Crippen LogP contribution in [0.2, 0.25) is 5.02 Å². The lowest BCUT2D eigenvalue weighted by Gasteiger charge is -2.55. The van der Waals surface area contributed by atoms with Crippen LogP contribution in [0.25, 0.3) is 10.9 Å². The summed E-state index contributed by atoms with van der Waals surface area (Å²) in [7, 11) is 1.85. The van der Waals surface area contributed by atoms with Gasteiger partial charge in [0.25, 0.3) is 5.91 Å². The van der Waals surface area contributed by atoms with E-state index in [9.17, 15) is 14.0 Å². The number of halogens is 3. The number of rotatable bonds is 13. The van der Waals surface area contributed by atoms with E-state index in [-0.39, 0.29) is 58.6 Å². The minimum Gasteiger partial charge on any atom is -0.466 e. The Kier molecular flexibility index (Phi) is 12.6. The second-order valence-electron chi connectivity index (χ2n) is 14.8. The quantitative estimate of drug-likeness (QED) is 0.196. The zero-order valence-electron chi connectivity index (χ0n) is 31.2. The molecule has 3 aliphatic rings. The van der Waals surface area contributed by atoms with E-state index in [1.54, 1.807) is 13.1 Å². The van der Waals surface area contributed by atoms with E-state index in [0.29, 0.717) is 70.6 Å². The molecular formula is C40H52ClF2N5O5. The van der Waals surface area contributed by atoms with Crippen molar-refractivity contribution in [2.75, 3.05) is 51.3 Å². The molecule has 2 saturated heterocycles. The molecule has 53 heavy (non-hydrogen) atoms. The molecular weight excluding hydrogens is 704 g/mol. The van der Waals surface area contributed by atoms with Crippen molar-refractivity contribution in [3.63, 3.8) is 0 Å². The van der Waals surface area contributed by atoms with Gasteiger partial charge in [0.15, 0.2) is 5.78 Å². The third-order valence-electron chi connectivity index (χ3n) is 11.3. The number of fused-ring (bicyclic) bond motifs is 1. The molecule has 13 heteroatoms. The molecule has 1 N–H and O–H groups in total. The molecule has 288 valence electrons. The van der Waals surface area contributed by atoms with Gasteiger partial charge in [-0.15, -0.1) is 0 Å². The molecule has 3 aromatic rings. The van der Waals surface area contributed by atoms with Crippen molar-refractivity contribution in [1.82, 2.24) is 19.3 Å². The van der Waals surface area contributed by atoms with Gasteiger partial charge in [-0.05, 0) is 83.1 Å². The zero-order chi connectivity index (χ0) is 37.9. The number of ketones is 1. The van der Waals surface area contributed by atoms with Gasteiger partial charge in [0, 0.05) is 75.4 Å². The van der Waals surface area contributed by atoms with Crippen molar-refractivity contribution in [2.45, 2.75) is 89.8 Å². The van der Waals surface area contributed by atoms with Gasteiger partial charge in [0.2, 0.25) is 5.85 Å². The Morgan fingerprint density at radius 2 is 1.68 bits per heavy atom. The fourth-order valence-corrected chi connectivity index (χ4v) is 8.89. The van der Waals surface area contributed by atoms with E-state index in [1.807, 2.05) is 49.7 Å². The van der Waals surface area contributed by atoms with Crippen LogP contribution in [-0.4, -0.2) is 107 Å². The molecule has 1 amide bonds. The number of hydrogen-bond donors (Lipinski definition) is 1. The highest BCUT2D eigenvalue weighted by molar-refractivity contribution is 6.34. The van der Waals surface area contributed by atoms with E-state index in [4.69, 9.17) is 21.1 Å². The number of aryl methyl sites for hydroxylation is 1. The van der Waals surface area contributed by atoms with Crippen LogP contribution < -0.4 is 5.32 Å². The summed E-state index contributed by atoms with van der Waals surface area (Å²) >= 11 is 6.71. The molecule has 3 heterocycles. The predicted octanol–water partition coefficient (Wildman–Crippen LogP) is 6.59. The van der Waals surface area contributed by atoms with E-state index in [1.165, 1.54) is 12.1 Å². The number of likely N-dealkylation sites (tertiary alicyclic amines) is 1. The fourth-order valence-electron chi connectivity index (χ4n) is 8.66. The number of Topliss-reactive ketones (excluding diaryl/α,β-unsaturated/α-hetero) is 1. The highest BCUT2D eigenvalue weighted by atomic mass is 35.5. The van der Waals surface area contributed by atoms with Crippen LogP contribution in [0.3, 0.4) is 0 Å². The van der Waals surface area contributed by atoms with Crippen LogP contribution in [-0.2, 0) is 32.5 Å². The number of ether oxygens (including phenoxy) is 2. The molecule has 3 atom stereocenters. The molecule has 2 aliphatic heterocycles. The van der Waals surface area contributed by atoms with Crippen molar-refractivity contribution in [1.29, 1.82) is 0 Å². The Balaban J connectivity index is 1.29. The van der Waals surface area contributed by atoms with Gasteiger partial charge >= 0.3 is 5.97 Å². The highest BCUT2D eigenvalue weighted by Gasteiger charge is 2.54. The predicted molar refractivity (Wildman–Crippen MR) is 201 cm³/mol. The summed E-state index contributed by atoms with van der Waals surface area (Å²) in [5.74, 6) is -3.34. The first-order chi connectivity index (χ1) is 25.5. The number of para-hydroxylation sites is 1. The Morgan fingerprint density at radius 3 is 2.34 bits per heavy atom. The Hall–Kier alpha value is -3.42. The third kappa shape index (κ3) is 8.17. The van der Waals surface area contributed by atoms with Crippen LogP contribution in [0, 0.1) is 11.7 Å². The molecule has 1 aromatic heterocycles. The van der Waals surface area contributed by atoms with Crippen LogP contribution in [0.1, 0.15) is 75.2 Å². The second-order valence-corrected chi connectivity index (χ2v) is 15.2. The first-order valence-corrected chi connectivity index (χ1v) is 19.4. The summed E-state index contributed by atoms with van der Waals surface area (Å²) in [5, 5.41) is 3.63. The summed E-state index contributed by atoms with van der Waals surface area (Å²) in [6, 6.07) is 9.96. The van der Waals surface area contributed by atoms with Crippen LogP contribution in [0.4, 0.5) is 14.5 Å². The molecule has 2 aromatic carbocycles. The number of amides is 1. The summed E-state index contributed by atoms with van der Waals surface area (Å²) in [6.45, 7) is 8.17. The SMILES string of the molecule is CCOC(=O)C1CCC(OC(C(=O)Cc2cc(Cl)c(NC(=O)c3cn(C)c4ccccc34)cc2F)(N2CCCC2)N2C[C@H](C)N(CCF)[C@@H](C)C2)CC1. The topological polar surface area (TPSA) is 96.3 Å². The van der Waals surface area contributed by atoms with Crippen LogP contribution in [0.15, 0.2) is 42.6 Å². The number of anilines is 1. The molecule has 6 rings (SSSR count). The Morgan fingerprint density at radius 1 is 1.00 bits per heavy atom. The summed E-state index contributed by atoms with van der Waals surface area (Å²) in [4.78, 5) is 47.3. The van der Waals surface area contributed by atoms with Crippen LogP contribution >= 0.6 is 11.6 Å². The number of hydrogen-bond acceptors (Lipinski definition) is 8. The van der Waals surface area contributed by atoms with E-state index >= 15 is 9.18 Å². The number of carbonyl (C=O) groups excluding carboxylic acids is 3. The summed E-state index contributed by atoms with van der Waals surface area (Å²) in [5.41, 5.74) is 1.51. The monoisotopic (exact) mass is 755 g/mol. The normalized spacial score (nSPS) is 24.3. The molecule has 0 bridgehead atoms. The smallest absolute Gasteiger partial charge is 0.308 e. The molecule has 10 nitrogen and oxygen atoms in total. The maximum absolute atomic E-state index is 16.1. The second kappa shape index (κ2) is 16.9. The maximum atomic E-state index is 16.1. The van der Waals surface area contributed by atoms with Crippen molar-refractivity contribution >= 4 is 45.9 Å². The number of esters is 1. The third-order valence-corrected chi connectivity index (χ3v) is 11.6. The molecule has 3 fully saturated rings. The first kappa shape index (κ1) is 39.3. The van der Waals surface area contributed by atoms with Gasteiger partial charge in [0.1, 0.15) is 12.5 Å². The molecule has 1 unspecified atom stereocenters. The summed E-state index contributed by atoms with van der Waals surface area (Å²) in [6.07, 6.45) is 5.18. The van der Waals surface area contributed by atoms with Gasteiger partial charge < -0.3 is 19.4 Å². The number of aromatic nitrogens is 1. The van der Waals surface area contributed by atoms with Crippen molar-refractivity contribution in [3.8, 4) is 0 Å². The highest BCUT2D eigenvalue weighted by Crippen LogP contribution is 2.38. The van der Waals surface area contributed by atoms with E-state index in [2.05, 4.69) is 20.0 Å². The van der Waals surface area contributed by atoms with Gasteiger partial charge in [-0.2, -0.15) is 0 Å². The van der Waals surface area contributed by atoms with Crippen LogP contribution in [0.5, 0.6) is 0 Å². The molecule has 1 saturated carbocycles. The number of benzene rings is 2. The van der Waals surface area contributed by atoms with Crippen molar-refractivity contribution in [3.05, 3.63) is 64.6 Å². The Labute approximate surface area is 315 Å². The molecule has 0 radical (unpaired) electrons. The number of alkyl halides is 1. The molecule has 1 aliphatic carbocycles. The maximum Gasteiger partial charge on any atom is 0.308 e. The Bertz CT molecular complexity index is 1780. The summed E-state index contributed by atoms with van der Waals surface area (Å²) < 4.78 is 43.9. The lowest BCUT2D eigenvalue weighted by molar-refractivity contribution is -0.266. The van der Waals surface area contributed by atoms with E-state index < -0.39 is 24.2 Å². The molecule has 0 spiro atoms. The minimum absolute atomic E-state index is 0.0664. The lowest BCUT2D eigenvalue weighted by atomic mass is 9.87. The van der Waals surface area contributed by atoms with Crippen molar-refractivity contribution in [2.24, 2.45) is 13.0 Å². The standard InChI is InChI=1S/C40H52ClF2N5O5/c1-5-52-39(51)28-12-14-30(15-13-28)53-40(46-17-8-9-18-46,47-23-26(2)48(19-16-42)27(3)24-47)37(49)21-29-20-33(41)35(22-34(29)43)44-38(50)32-25-45(4)36-11-7-6-10-31(32)36/h6-7,10-11,20,22,25-28,30H,5,8-9,12-19,21,23-24H2,1-4H3,(H,44,50)/t26-,27-,28?,30?,40?/m0/s1. The number of piperazine rings is 1. The average Bonchev–Trinajstić information content (AvgIpc) is 3.80. The minimum atomic E-state index is -1.51. The number of nitrogens with zero attached hydrogens (tertiary/aromatic N) is 4. The first-order valence-electron chi connectivity index (χ1n) is 19.0. The van der Waals surface area contributed by atoms with Gasteiger partial charge in [-0.3, -0.25) is 29.1 Å². The van der Waals surface area contributed by atoms with E-state index in [0.717, 1.165) is 23.7 Å². The number of carbonyl (C=O) groups is 3. The average molecular weight is 756 g/mol.